The van der Waals surface area contributed by atoms with E-state index in [9.17, 15) is 0 Å². The number of aryl methyl sites for hydroxylation is 1. The third-order valence-corrected chi connectivity index (χ3v) is 3.19. The molecule has 0 amide bonds. The lowest BCUT2D eigenvalue weighted by Gasteiger charge is -2.02. The second kappa shape index (κ2) is 4.34. The molecule has 1 aliphatic carbocycles. The number of nitrogens with zero attached hydrogens (tertiary/aromatic N) is 1. The molecule has 1 fully saturated rings. The van der Waals surface area contributed by atoms with E-state index in [1.807, 2.05) is 12.3 Å². The molecular formula is C14H17N3. The Hall–Kier alpha value is -1.61. The van der Waals surface area contributed by atoms with Gasteiger partial charge in [0.15, 0.2) is 0 Å². The molecule has 1 aliphatic rings. The highest BCUT2D eigenvalue weighted by atomic mass is 15.0. The number of H-pyrrole nitrogens is 1. The monoisotopic (exact) mass is 227 g/mol. The molecule has 0 aliphatic heterocycles. The third-order valence-electron chi connectivity index (χ3n) is 3.19. The Morgan fingerprint density at radius 3 is 2.94 bits per heavy atom. The van der Waals surface area contributed by atoms with Crippen molar-refractivity contribution in [3.63, 3.8) is 0 Å². The average molecular weight is 227 g/mol. The minimum atomic E-state index is 0.736. The summed E-state index contributed by atoms with van der Waals surface area (Å²) in [5.41, 5.74) is 3.60. The summed E-state index contributed by atoms with van der Waals surface area (Å²) < 4.78 is 0. The van der Waals surface area contributed by atoms with Crippen LogP contribution in [0.3, 0.4) is 0 Å². The molecule has 1 aromatic heterocycles. The number of hydrogen-bond donors (Lipinski definition) is 2. The van der Waals surface area contributed by atoms with Gasteiger partial charge in [-0.15, -0.1) is 0 Å². The molecule has 88 valence electrons. The zero-order valence-corrected chi connectivity index (χ0v) is 10.0. The second-order valence-corrected chi connectivity index (χ2v) is 4.73. The summed E-state index contributed by atoms with van der Waals surface area (Å²) in [7, 11) is 0. The van der Waals surface area contributed by atoms with Gasteiger partial charge in [0.1, 0.15) is 5.82 Å². The Bertz CT molecular complexity index is 512. The first-order chi connectivity index (χ1) is 8.33. The Morgan fingerprint density at radius 1 is 1.35 bits per heavy atom. The normalized spacial score (nSPS) is 15.1. The van der Waals surface area contributed by atoms with E-state index in [0.29, 0.717) is 0 Å². The van der Waals surface area contributed by atoms with Crippen molar-refractivity contribution in [1.82, 2.24) is 15.3 Å². The molecule has 3 heteroatoms. The molecule has 17 heavy (non-hydrogen) atoms. The van der Waals surface area contributed by atoms with Crippen LogP contribution in [0.15, 0.2) is 30.5 Å². The summed E-state index contributed by atoms with van der Waals surface area (Å²) in [6.07, 6.45) is 4.56. The first kappa shape index (κ1) is 10.5. The first-order valence-corrected chi connectivity index (χ1v) is 6.16. The van der Waals surface area contributed by atoms with Crippen LogP contribution >= 0.6 is 0 Å². The molecular weight excluding hydrogens is 210 g/mol. The molecule has 1 aromatic carbocycles. The lowest BCUT2D eigenvalue weighted by molar-refractivity contribution is 0.677. The topological polar surface area (TPSA) is 40.7 Å². The fourth-order valence-electron chi connectivity index (χ4n) is 1.97. The third kappa shape index (κ3) is 2.39. The fourth-order valence-corrected chi connectivity index (χ4v) is 1.97. The van der Waals surface area contributed by atoms with Crippen molar-refractivity contribution in [3.05, 3.63) is 41.7 Å². The predicted octanol–water partition coefficient (Wildman–Crippen LogP) is 2.64. The number of benzene rings is 1. The zero-order chi connectivity index (χ0) is 11.7. The maximum absolute atomic E-state index is 4.45. The van der Waals surface area contributed by atoms with Crippen molar-refractivity contribution in [2.75, 3.05) is 0 Å². The summed E-state index contributed by atoms with van der Waals surface area (Å²) >= 11 is 0. The minimum Gasteiger partial charge on any atom is -0.341 e. The lowest BCUT2D eigenvalue weighted by atomic mass is 10.1. The molecule has 2 N–H and O–H groups in total. The van der Waals surface area contributed by atoms with Gasteiger partial charge in [0, 0.05) is 30.0 Å². The Balaban J connectivity index is 1.77. The van der Waals surface area contributed by atoms with Gasteiger partial charge in [-0.2, -0.15) is 0 Å². The van der Waals surface area contributed by atoms with Gasteiger partial charge in [-0.25, -0.2) is 4.98 Å². The van der Waals surface area contributed by atoms with E-state index in [1.165, 1.54) is 24.0 Å². The highest BCUT2D eigenvalue weighted by Gasteiger charge is 2.20. The van der Waals surface area contributed by atoms with Crippen LogP contribution in [-0.2, 0) is 6.54 Å². The van der Waals surface area contributed by atoms with E-state index in [1.54, 1.807) is 0 Å². The Labute approximate surface area is 101 Å². The maximum Gasteiger partial charge on any atom is 0.137 e. The van der Waals surface area contributed by atoms with E-state index in [2.05, 4.69) is 40.4 Å². The predicted molar refractivity (Wildman–Crippen MR) is 68.6 cm³/mol. The summed E-state index contributed by atoms with van der Waals surface area (Å²) in [6.45, 7) is 3.00. The van der Waals surface area contributed by atoms with Crippen LogP contribution < -0.4 is 5.32 Å². The van der Waals surface area contributed by atoms with Crippen LogP contribution in [-0.4, -0.2) is 16.0 Å². The molecule has 0 saturated heterocycles. The molecule has 0 spiro atoms. The average Bonchev–Trinajstić information content (AvgIpc) is 3.06. The number of rotatable bonds is 4. The summed E-state index contributed by atoms with van der Waals surface area (Å²) in [5.74, 6) is 0.968. The highest BCUT2D eigenvalue weighted by molar-refractivity contribution is 5.59. The van der Waals surface area contributed by atoms with E-state index < -0.39 is 0 Å². The highest BCUT2D eigenvalue weighted by Crippen LogP contribution is 2.21. The number of imidazole rings is 1. The molecule has 0 unspecified atom stereocenters. The van der Waals surface area contributed by atoms with Crippen molar-refractivity contribution in [2.45, 2.75) is 32.4 Å². The van der Waals surface area contributed by atoms with Crippen molar-refractivity contribution in [1.29, 1.82) is 0 Å². The first-order valence-electron chi connectivity index (χ1n) is 6.16. The standard InChI is InChI=1S/C14H17N3/c1-10-4-2-3-5-13(10)14-16-9-12(17-14)8-15-11-6-7-11/h2-5,9,11,15H,6-8H2,1H3,(H,16,17). The Morgan fingerprint density at radius 2 is 2.18 bits per heavy atom. The quantitative estimate of drug-likeness (QED) is 0.843. The largest absolute Gasteiger partial charge is 0.341 e. The summed E-state index contributed by atoms with van der Waals surface area (Å²) in [4.78, 5) is 7.83. The van der Waals surface area contributed by atoms with Crippen LogP contribution in [0.5, 0.6) is 0 Å². The molecule has 2 aromatic rings. The van der Waals surface area contributed by atoms with Gasteiger partial charge in [0.2, 0.25) is 0 Å². The van der Waals surface area contributed by atoms with Gasteiger partial charge in [-0.1, -0.05) is 24.3 Å². The van der Waals surface area contributed by atoms with Crippen LogP contribution in [0.4, 0.5) is 0 Å². The molecule has 0 radical (unpaired) electrons. The van der Waals surface area contributed by atoms with E-state index in [0.717, 1.165) is 24.1 Å². The molecule has 1 heterocycles. The van der Waals surface area contributed by atoms with Gasteiger partial charge >= 0.3 is 0 Å². The number of hydrogen-bond acceptors (Lipinski definition) is 2. The molecule has 0 atom stereocenters. The van der Waals surface area contributed by atoms with Crippen LogP contribution in [0.2, 0.25) is 0 Å². The van der Waals surface area contributed by atoms with Gasteiger partial charge < -0.3 is 10.3 Å². The van der Waals surface area contributed by atoms with Gasteiger partial charge in [-0.05, 0) is 25.3 Å². The van der Waals surface area contributed by atoms with E-state index in [4.69, 9.17) is 0 Å². The van der Waals surface area contributed by atoms with Gasteiger partial charge in [-0.3, -0.25) is 0 Å². The van der Waals surface area contributed by atoms with Crippen molar-refractivity contribution < 1.29 is 0 Å². The molecule has 0 bridgehead atoms. The second-order valence-electron chi connectivity index (χ2n) is 4.73. The van der Waals surface area contributed by atoms with Crippen molar-refractivity contribution >= 4 is 0 Å². The minimum absolute atomic E-state index is 0.736. The number of nitrogens with one attached hydrogen (secondary N) is 2. The fraction of sp³-hybridized carbons (Fsp3) is 0.357. The SMILES string of the molecule is Cc1ccccc1-c1ncc(CNC2CC2)[nH]1. The number of aromatic amines is 1. The molecule has 1 saturated carbocycles. The smallest absolute Gasteiger partial charge is 0.137 e. The van der Waals surface area contributed by atoms with Crippen LogP contribution in [0.25, 0.3) is 11.4 Å². The lowest BCUT2D eigenvalue weighted by Crippen LogP contribution is -2.15. The van der Waals surface area contributed by atoms with Crippen LogP contribution in [0, 0.1) is 6.92 Å². The van der Waals surface area contributed by atoms with Crippen molar-refractivity contribution in [2.24, 2.45) is 0 Å². The number of aromatic nitrogens is 2. The summed E-state index contributed by atoms with van der Waals surface area (Å²) in [5, 5.41) is 3.48. The summed E-state index contributed by atoms with van der Waals surface area (Å²) in [6, 6.07) is 9.05. The maximum atomic E-state index is 4.45. The zero-order valence-electron chi connectivity index (χ0n) is 10.0. The van der Waals surface area contributed by atoms with Gasteiger partial charge in [0.05, 0.1) is 0 Å². The van der Waals surface area contributed by atoms with Crippen LogP contribution in [0.1, 0.15) is 24.1 Å². The Kier molecular flexibility index (Phi) is 2.69. The van der Waals surface area contributed by atoms with E-state index in [-0.39, 0.29) is 0 Å². The molecule has 3 nitrogen and oxygen atoms in total. The van der Waals surface area contributed by atoms with Crippen molar-refractivity contribution in [3.8, 4) is 11.4 Å². The van der Waals surface area contributed by atoms with Gasteiger partial charge in [0.25, 0.3) is 0 Å². The molecule has 3 rings (SSSR count). The van der Waals surface area contributed by atoms with E-state index >= 15 is 0 Å².